The second-order valence-electron chi connectivity index (χ2n) is 10.1. The van der Waals surface area contributed by atoms with Crippen LogP contribution >= 0.6 is 0 Å². The van der Waals surface area contributed by atoms with E-state index >= 15 is 0 Å². The van der Waals surface area contributed by atoms with Crippen molar-refractivity contribution in [2.45, 2.75) is 58.3 Å². The van der Waals surface area contributed by atoms with E-state index in [4.69, 9.17) is 5.73 Å². The smallest absolute Gasteiger partial charge is 0.229 e. The predicted octanol–water partition coefficient (Wildman–Crippen LogP) is 3.12. The fraction of sp³-hybridized carbons (Fsp3) is 0.538. The molecular formula is C26H35N5O2. The van der Waals surface area contributed by atoms with E-state index in [1.807, 2.05) is 41.0 Å². The van der Waals surface area contributed by atoms with Crippen LogP contribution in [-0.2, 0) is 21.4 Å². The molecule has 0 spiro atoms. The van der Waals surface area contributed by atoms with Crippen molar-refractivity contribution in [1.82, 2.24) is 19.8 Å². The van der Waals surface area contributed by atoms with Crippen LogP contribution < -0.4 is 5.73 Å². The summed E-state index contributed by atoms with van der Waals surface area (Å²) >= 11 is 0. The first-order chi connectivity index (χ1) is 15.7. The summed E-state index contributed by atoms with van der Waals surface area (Å²) in [6.45, 7) is 8.26. The number of likely N-dealkylation sites (tertiary alicyclic amines) is 2. The van der Waals surface area contributed by atoms with Gasteiger partial charge in [-0.05, 0) is 44.6 Å². The Morgan fingerprint density at radius 1 is 1.03 bits per heavy atom. The van der Waals surface area contributed by atoms with Crippen LogP contribution in [0.3, 0.4) is 0 Å². The van der Waals surface area contributed by atoms with Gasteiger partial charge in [0.15, 0.2) is 0 Å². The molecule has 2 aliphatic heterocycles. The topological polar surface area (TPSA) is 92.4 Å². The number of nitrogens with zero attached hydrogens (tertiary/aromatic N) is 4. The van der Waals surface area contributed by atoms with E-state index in [0.29, 0.717) is 50.5 Å². The standard InChI is InChI=1S/C26H35N5O2/c1-19-28-22(16-23(27)29-19)25(3)10-7-13-31(18-25)24(33)26(17-21-8-5-4-6-9-21)11-14-30(15-12-26)20(2)32/h4-6,8-9,16H,7,10-15,17-18H2,1-3H3,(H2,27,28,29)/t25-/m1/s1. The summed E-state index contributed by atoms with van der Waals surface area (Å²) in [7, 11) is 0. The number of amides is 2. The van der Waals surface area contributed by atoms with Crippen LogP contribution in [0.25, 0.3) is 0 Å². The van der Waals surface area contributed by atoms with Crippen LogP contribution in [0.5, 0.6) is 0 Å². The molecule has 7 heteroatoms. The lowest BCUT2D eigenvalue weighted by Crippen LogP contribution is -2.56. The highest BCUT2D eigenvalue weighted by atomic mass is 16.2. The molecule has 0 radical (unpaired) electrons. The zero-order valence-electron chi connectivity index (χ0n) is 20.0. The van der Waals surface area contributed by atoms with Crippen molar-refractivity contribution in [1.29, 1.82) is 0 Å². The Hall–Kier alpha value is -2.96. The molecule has 1 aromatic heterocycles. The highest BCUT2D eigenvalue weighted by Gasteiger charge is 2.46. The number of carbonyl (C=O) groups excluding carboxylic acids is 2. The number of aryl methyl sites for hydroxylation is 1. The van der Waals surface area contributed by atoms with Gasteiger partial charge in [0.2, 0.25) is 11.8 Å². The summed E-state index contributed by atoms with van der Waals surface area (Å²) in [5, 5.41) is 0. The number of hydrogen-bond donors (Lipinski definition) is 1. The maximum atomic E-state index is 14.2. The summed E-state index contributed by atoms with van der Waals surface area (Å²) in [5.41, 5.74) is 7.34. The third kappa shape index (κ3) is 4.87. The number of aromatic nitrogens is 2. The molecule has 2 aliphatic rings. The second kappa shape index (κ2) is 9.12. The Balaban J connectivity index is 1.61. The third-order valence-electron chi connectivity index (χ3n) is 7.46. The summed E-state index contributed by atoms with van der Waals surface area (Å²) in [6, 6.07) is 12.1. The van der Waals surface area contributed by atoms with Crippen molar-refractivity contribution in [2.75, 3.05) is 31.9 Å². The second-order valence-corrected chi connectivity index (χ2v) is 10.1. The molecule has 176 valence electrons. The molecule has 2 aromatic rings. The monoisotopic (exact) mass is 449 g/mol. The highest BCUT2D eigenvalue weighted by molar-refractivity contribution is 5.84. The Kier molecular flexibility index (Phi) is 6.41. The molecule has 2 fully saturated rings. The van der Waals surface area contributed by atoms with Gasteiger partial charge in [-0.3, -0.25) is 9.59 Å². The molecule has 1 aromatic carbocycles. The van der Waals surface area contributed by atoms with Crippen molar-refractivity contribution in [2.24, 2.45) is 5.41 Å². The molecule has 1 atom stereocenters. The van der Waals surface area contributed by atoms with Gasteiger partial charge in [-0.1, -0.05) is 37.3 Å². The number of nitrogen functional groups attached to an aromatic ring is 1. The van der Waals surface area contributed by atoms with Crippen molar-refractivity contribution < 1.29 is 9.59 Å². The molecule has 2 amide bonds. The van der Waals surface area contributed by atoms with E-state index in [1.165, 1.54) is 5.56 Å². The van der Waals surface area contributed by atoms with Gasteiger partial charge >= 0.3 is 0 Å². The summed E-state index contributed by atoms with van der Waals surface area (Å²) in [5.74, 6) is 1.42. The lowest BCUT2D eigenvalue weighted by molar-refractivity contribution is -0.150. The average Bonchev–Trinajstić information content (AvgIpc) is 2.79. The molecule has 33 heavy (non-hydrogen) atoms. The van der Waals surface area contributed by atoms with Gasteiger partial charge in [-0.25, -0.2) is 9.97 Å². The van der Waals surface area contributed by atoms with Crippen LogP contribution in [0.15, 0.2) is 36.4 Å². The number of anilines is 1. The predicted molar refractivity (Wildman–Crippen MR) is 128 cm³/mol. The van der Waals surface area contributed by atoms with Gasteiger partial charge in [0.05, 0.1) is 11.1 Å². The number of nitrogens with two attached hydrogens (primary N) is 1. The minimum Gasteiger partial charge on any atom is -0.384 e. The van der Waals surface area contributed by atoms with Crippen molar-refractivity contribution in [3.05, 3.63) is 53.5 Å². The van der Waals surface area contributed by atoms with Crippen molar-refractivity contribution in [3.63, 3.8) is 0 Å². The van der Waals surface area contributed by atoms with Gasteiger partial charge in [0.25, 0.3) is 0 Å². The van der Waals surface area contributed by atoms with Crippen LogP contribution in [0.1, 0.15) is 56.6 Å². The first-order valence-electron chi connectivity index (χ1n) is 11.9. The van der Waals surface area contributed by atoms with Gasteiger partial charge in [0, 0.05) is 44.6 Å². The number of carbonyl (C=O) groups is 2. The number of benzene rings is 1. The van der Waals surface area contributed by atoms with E-state index in [1.54, 1.807) is 6.92 Å². The molecule has 3 heterocycles. The number of piperidine rings is 2. The van der Waals surface area contributed by atoms with E-state index in [0.717, 1.165) is 25.1 Å². The quantitative estimate of drug-likeness (QED) is 0.774. The summed E-state index contributed by atoms with van der Waals surface area (Å²) in [4.78, 5) is 38.9. The van der Waals surface area contributed by atoms with Gasteiger partial charge in [-0.2, -0.15) is 0 Å². The molecule has 2 saturated heterocycles. The largest absolute Gasteiger partial charge is 0.384 e. The normalized spacial score (nSPS) is 22.8. The minimum absolute atomic E-state index is 0.0815. The minimum atomic E-state index is -0.494. The molecule has 2 N–H and O–H groups in total. The lowest BCUT2D eigenvalue weighted by atomic mass is 9.71. The van der Waals surface area contributed by atoms with Gasteiger partial charge in [0.1, 0.15) is 11.6 Å². The number of hydrogen-bond acceptors (Lipinski definition) is 5. The van der Waals surface area contributed by atoms with Crippen LogP contribution in [0, 0.1) is 12.3 Å². The van der Waals surface area contributed by atoms with E-state index < -0.39 is 5.41 Å². The molecule has 4 rings (SSSR count). The maximum Gasteiger partial charge on any atom is 0.229 e. The van der Waals surface area contributed by atoms with E-state index in [-0.39, 0.29) is 17.2 Å². The summed E-state index contributed by atoms with van der Waals surface area (Å²) < 4.78 is 0. The average molecular weight is 450 g/mol. The first kappa shape index (κ1) is 23.2. The molecule has 7 nitrogen and oxygen atoms in total. The molecular weight excluding hydrogens is 414 g/mol. The fourth-order valence-corrected chi connectivity index (χ4v) is 5.56. The SMILES string of the molecule is CC(=O)N1CCC(Cc2ccccc2)(C(=O)N2CCC[C@@](C)(c3cc(N)nc(C)n3)C2)CC1. The molecule has 0 aliphatic carbocycles. The Bertz CT molecular complexity index is 996. The van der Waals surface area contributed by atoms with E-state index in [2.05, 4.69) is 29.0 Å². The molecule has 0 bridgehead atoms. The van der Waals surface area contributed by atoms with Crippen molar-refractivity contribution in [3.8, 4) is 0 Å². The molecule has 0 unspecified atom stereocenters. The number of rotatable bonds is 4. The summed E-state index contributed by atoms with van der Waals surface area (Å²) in [6.07, 6.45) is 3.95. The first-order valence-corrected chi connectivity index (χ1v) is 11.9. The zero-order valence-corrected chi connectivity index (χ0v) is 20.0. The maximum absolute atomic E-state index is 14.2. The van der Waals surface area contributed by atoms with Crippen LogP contribution in [0.4, 0.5) is 5.82 Å². The highest BCUT2D eigenvalue weighted by Crippen LogP contribution is 2.40. The van der Waals surface area contributed by atoms with Gasteiger partial charge in [-0.15, -0.1) is 0 Å². The van der Waals surface area contributed by atoms with Crippen LogP contribution in [0.2, 0.25) is 0 Å². The van der Waals surface area contributed by atoms with Gasteiger partial charge < -0.3 is 15.5 Å². The third-order valence-corrected chi connectivity index (χ3v) is 7.46. The van der Waals surface area contributed by atoms with Crippen LogP contribution in [-0.4, -0.2) is 57.8 Å². The zero-order chi connectivity index (χ0) is 23.6. The fourth-order valence-electron chi connectivity index (χ4n) is 5.56. The molecule has 0 saturated carbocycles. The lowest BCUT2D eigenvalue weighted by Gasteiger charge is -2.47. The van der Waals surface area contributed by atoms with E-state index in [9.17, 15) is 9.59 Å². The Labute approximate surface area is 196 Å². The van der Waals surface area contributed by atoms with Crippen molar-refractivity contribution >= 4 is 17.6 Å². The Morgan fingerprint density at radius 2 is 1.73 bits per heavy atom. The Morgan fingerprint density at radius 3 is 2.36 bits per heavy atom.